The highest BCUT2D eigenvalue weighted by Crippen LogP contribution is 2.74. The Morgan fingerprint density at radius 2 is 1.64 bits per heavy atom. The van der Waals surface area contributed by atoms with E-state index in [1.165, 1.54) is 13.8 Å². The van der Waals surface area contributed by atoms with Crippen LogP contribution >= 0.6 is 0 Å². The smallest absolute Gasteiger partial charge is 0.305 e. The lowest BCUT2D eigenvalue weighted by molar-refractivity contribution is -0.192. The van der Waals surface area contributed by atoms with E-state index in [1.54, 1.807) is 20.8 Å². The first-order chi connectivity index (χ1) is 20.0. The molecule has 0 radical (unpaired) electrons. The molecule has 248 valence electrons. The molecule has 4 aliphatic rings. The van der Waals surface area contributed by atoms with Gasteiger partial charge in [-0.2, -0.15) is 0 Å². The van der Waals surface area contributed by atoms with E-state index < -0.39 is 68.8 Å². The number of ether oxygens (including phenoxy) is 2. The summed E-state index contributed by atoms with van der Waals surface area (Å²) in [5.74, 6) is -2.65. The minimum Gasteiger partial charge on any atom is -0.460 e. The number of fused-ring (bicyclic) bond motifs is 5. The maximum Gasteiger partial charge on any atom is 0.305 e. The second-order valence-electron chi connectivity index (χ2n) is 16.2. The van der Waals surface area contributed by atoms with Gasteiger partial charge in [-0.1, -0.05) is 53.2 Å². The highest BCUT2D eigenvalue weighted by Gasteiger charge is 2.74. The number of ketones is 2. The number of allylic oxidation sites excluding steroid dienone is 1. The number of rotatable bonds is 8. The summed E-state index contributed by atoms with van der Waals surface area (Å²) in [6.45, 7) is 17.8. The highest BCUT2D eigenvalue weighted by molar-refractivity contribution is 5.90. The molecule has 0 aromatic heterocycles. The SMILES string of the molecule is CCC(=O)O[C@@H]1[C@@H](O)C[C@@H]2C(=CC[C@@H]3[C@@]2(C)C(=O)C[C@]2(C)C([C@@](C)(O)C(=O)CCC(C)(C)OC(C)=O)[C@H](O)C[C@@]32C)C1(C)C. The molecule has 1 unspecified atom stereocenters. The minimum absolute atomic E-state index is 0.00317. The van der Waals surface area contributed by atoms with Crippen LogP contribution in [0.15, 0.2) is 11.6 Å². The summed E-state index contributed by atoms with van der Waals surface area (Å²) in [4.78, 5) is 51.9. The van der Waals surface area contributed by atoms with Gasteiger partial charge in [-0.15, -0.1) is 0 Å². The lowest BCUT2D eigenvalue weighted by Gasteiger charge is -2.65. The van der Waals surface area contributed by atoms with Crippen molar-refractivity contribution in [1.82, 2.24) is 0 Å². The number of Topliss-reactive ketones (excluding diaryl/α,β-unsaturated/α-hetero) is 2. The molecule has 9 heteroatoms. The van der Waals surface area contributed by atoms with Gasteiger partial charge in [0.15, 0.2) is 5.78 Å². The summed E-state index contributed by atoms with van der Waals surface area (Å²) in [5, 5.41) is 34.9. The first-order valence-corrected chi connectivity index (χ1v) is 16.3. The third-order valence-electron chi connectivity index (χ3n) is 12.7. The van der Waals surface area contributed by atoms with Crippen LogP contribution in [-0.2, 0) is 28.7 Å². The molecule has 10 atom stereocenters. The predicted molar refractivity (Wildman–Crippen MR) is 163 cm³/mol. The third kappa shape index (κ3) is 5.09. The fourth-order valence-corrected chi connectivity index (χ4v) is 10.3. The maximum atomic E-state index is 14.5. The van der Waals surface area contributed by atoms with Crippen LogP contribution in [0.3, 0.4) is 0 Å². The van der Waals surface area contributed by atoms with Crippen LogP contribution in [0.5, 0.6) is 0 Å². The quantitative estimate of drug-likeness (QED) is 0.265. The molecule has 4 aliphatic carbocycles. The molecule has 44 heavy (non-hydrogen) atoms. The normalized spacial score (nSPS) is 40.9. The van der Waals surface area contributed by atoms with Crippen LogP contribution in [0, 0.1) is 39.4 Å². The van der Waals surface area contributed by atoms with Crippen LogP contribution in [-0.4, -0.2) is 68.3 Å². The average Bonchev–Trinajstić information content (AvgIpc) is 3.09. The molecule has 0 aromatic rings. The van der Waals surface area contributed by atoms with Crippen molar-refractivity contribution in [2.75, 3.05) is 0 Å². The van der Waals surface area contributed by atoms with Crippen molar-refractivity contribution < 1.29 is 44.0 Å². The zero-order chi connectivity index (χ0) is 33.4. The lowest BCUT2D eigenvalue weighted by atomic mass is 9.38. The third-order valence-corrected chi connectivity index (χ3v) is 12.7. The molecule has 0 bridgehead atoms. The topological polar surface area (TPSA) is 147 Å². The van der Waals surface area contributed by atoms with Crippen molar-refractivity contribution in [1.29, 1.82) is 0 Å². The van der Waals surface area contributed by atoms with Crippen molar-refractivity contribution >= 4 is 23.5 Å². The number of esters is 2. The van der Waals surface area contributed by atoms with Crippen LogP contribution in [0.2, 0.25) is 0 Å². The summed E-state index contributed by atoms with van der Waals surface area (Å²) in [6, 6.07) is 0. The second-order valence-corrected chi connectivity index (χ2v) is 16.2. The van der Waals surface area contributed by atoms with Crippen molar-refractivity contribution in [2.24, 2.45) is 39.4 Å². The van der Waals surface area contributed by atoms with Gasteiger partial charge in [0.2, 0.25) is 0 Å². The molecule has 0 amide bonds. The van der Waals surface area contributed by atoms with Gasteiger partial charge < -0.3 is 24.8 Å². The fourth-order valence-electron chi connectivity index (χ4n) is 10.3. The van der Waals surface area contributed by atoms with Crippen molar-refractivity contribution in [3.05, 3.63) is 11.6 Å². The zero-order valence-electron chi connectivity index (χ0n) is 28.3. The maximum absolute atomic E-state index is 14.5. The number of aliphatic hydroxyl groups excluding tert-OH is 2. The Balaban J connectivity index is 1.69. The molecular weight excluding hydrogens is 564 g/mol. The Labute approximate surface area is 262 Å². The Morgan fingerprint density at radius 1 is 1.02 bits per heavy atom. The number of hydrogen-bond donors (Lipinski definition) is 3. The molecule has 4 rings (SSSR count). The van der Waals surface area contributed by atoms with Gasteiger partial charge in [0.1, 0.15) is 23.1 Å². The van der Waals surface area contributed by atoms with Crippen LogP contribution in [0.1, 0.15) is 114 Å². The molecule has 3 saturated carbocycles. The summed E-state index contributed by atoms with van der Waals surface area (Å²) < 4.78 is 11.1. The van der Waals surface area contributed by atoms with Crippen molar-refractivity contribution in [3.63, 3.8) is 0 Å². The van der Waals surface area contributed by atoms with E-state index in [2.05, 4.69) is 13.0 Å². The summed E-state index contributed by atoms with van der Waals surface area (Å²) in [5.41, 5.74) is -4.82. The molecule has 0 aliphatic heterocycles. The van der Waals surface area contributed by atoms with Crippen LogP contribution < -0.4 is 0 Å². The Morgan fingerprint density at radius 3 is 2.20 bits per heavy atom. The van der Waals surface area contributed by atoms with Gasteiger partial charge in [-0.3, -0.25) is 19.2 Å². The Bertz CT molecular complexity index is 1250. The van der Waals surface area contributed by atoms with E-state index in [0.717, 1.165) is 5.57 Å². The fraction of sp³-hybridized carbons (Fsp3) is 0.829. The van der Waals surface area contributed by atoms with Gasteiger partial charge in [0.25, 0.3) is 0 Å². The summed E-state index contributed by atoms with van der Waals surface area (Å²) in [6.07, 6.45) is 1.07. The Kier molecular flexibility index (Phi) is 8.70. The van der Waals surface area contributed by atoms with Gasteiger partial charge in [0.05, 0.1) is 12.2 Å². The first-order valence-electron chi connectivity index (χ1n) is 16.3. The molecule has 0 spiro atoms. The van der Waals surface area contributed by atoms with Crippen molar-refractivity contribution in [2.45, 2.75) is 144 Å². The van der Waals surface area contributed by atoms with E-state index in [9.17, 15) is 34.5 Å². The van der Waals surface area contributed by atoms with E-state index in [1.807, 2.05) is 27.7 Å². The summed E-state index contributed by atoms with van der Waals surface area (Å²) in [7, 11) is 0. The molecular formula is C35H54O9. The predicted octanol–water partition coefficient (Wildman–Crippen LogP) is 4.48. The van der Waals surface area contributed by atoms with Crippen LogP contribution in [0.25, 0.3) is 0 Å². The molecule has 3 N–H and O–H groups in total. The van der Waals surface area contributed by atoms with Gasteiger partial charge in [-0.05, 0) is 69.1 Å². The number of aliphatic hydroxyl groups is 3. The second kappa shape index (κ2) is 11.0. The van der Waals surface area contributed by atoms with Gasteiger partial charge >= 0.3 is 11.9 Å². The number of hydrogen-bond acceptors (Lipinski definition) is 9. The number of carbonyl (C=O) groups excluding carboxylic acids is 4. The monoisotopic (exact) mass is 618 g/mol. The zero-order valence-corrected chi connectivity index (χ0v) is 28.3. The van der Waals surface area contributed by atoms with Crippen LogP contribution in [0.4, 0.5) is 0 Å². The van der Waals surface area contributed by atoms with Crippen molar-refractivity contribution in [3.8, 4) is 0 Å². The first kappa shape index (κ1) is 34.8. The van der Waals surface area contributed by atoms with E-state index >= 15 is 0 Å². The minimum atomic E-state index is -1.92. The van der Waals surface area contributed by atoms with Gasteiger partial charge in [-0.25, -0.2) is 0 Å². The van der Waals surface area contributed by atoms with E-state index in [0.29, 0.717) is 12.8 Å². The summed E-state index contributed by atoms with van der Waals surface area (Å²) >= 11 is 0. The molecule has 9 nitrogen and oxygen atoms in total. The Hall–Kier alpha value is -2.10. The van der Waals surface area contributed by atoms with E-state index in [4.69, 9.17) is 9.47 Å². The van der Waals surface area contributed by atoms with Gasteiger partial charge in [0, 0.05) is 42.9 Å². The molecule has 0 saturated heterocycles. The molecule has 3 fully saturated rings. The standard InChI is InChI=1S/C35H54O9/c1-11-27(41)43-29-22(37)16-21-20(31(29,5)6)12-13-24-32(7)17-23(38)28(33(32,8)18-26(40)34(21,24)9)35(10,42)25(39)14-15-30(3,4)44-19(2)36/h12,21-24,28-29,37-38,42H,11,13-18H2,1-10H3/t21-,22+,23-,24+,28?,29-,32+,33-,34+,35+/m1/s1. The largest absolute Gasteiger partial charge is 0.460 e. The highest BCUT2D eigenvalue weighted by atomic mass is 16.6. The number of carbonyl (C=O) groups is 4. The lowest BCUT2D eigenvalue weighted by Crippen LogP contribution is -2.66. The molecule has 0 aromatic carbocycles. The van der Waals surface area contributed by atoms with E-state index in [-0.39, 0.29) is 55.7 Å². The average molecular weight is 619 g/mol. The molecule has 0 heterocycles.